The third kappa shape index (κ3) is 4.20. The lowest BCUT2D eigenvalue weighted by atomic mass is 10.1. The number of rotatable bonds is 5. The number of aromatic nitrogens is 1. The van der Waals surface area contributed by atoms with Gasteiger partial charge in [0.15, 0.2) is 0 Å². The molecule has 0 bridgehead atoms. The fourth-order valence-electron chi connectivity index (χ4n) is 3.20. The van der Waals surface area contributed by atoms with Crippen LogP contribution in [-0.4, -0.2) is 25.2 Å². The smallest absolute Gasteiger partial charge is 0.323 e. The molecule has 0 fully saturated rings. The van der Waals surface area contributed by atoms with Gasteiger partial charge in [-0.25, -0.2) is 9.18 Å². The number of carbonyl (C=O) groups excluding carboxylic acids is 1. The maximum atomic E-state index is 13.4. The van der Waals surface area contributed by atoms with Crippen LogP contribution in [0.1, 0.15) is 0 Å². The van der Waals surface area contributed by atoms with Gasteiger partial charge in [0.25, 0.3) is 0 Å². The van der Waals surface area contributed by atoms with Crippen LogP contribution in [0.4, 0.5) is 20.6 Å². The molecule has 7 heteroatoms. The molecule has 0 radical (unpaired) electrons. The number of urea groups is 1. The summed E-state index contributed by atoms with van der Waals surface area (Å²) in [5.41, 5.74) is 3.70. The van der Waals surface area contributed by atoms with E-state index in [-0.39, 0.29) is 5.82 Å². The molecule has 3 aromatic carbocycles. The molecule has 4 aromatic rings. The summed E-state index contributed by atoms with van der Waals surface area (Å²) in [7, 11) is 3.09. The van der Waals surface area contributed by atoms with E-state index in [0.29, 0.717) is 22.9 Å². The molecular formula is C23H20FN3O3. The average Bonchev–Trinajstić information content (AvgIpc) is 3.16. The van der Waals surface area contributed by atoms with E-state index >= 15 is 0 Å². The molecule has 152 valence electrons. The van der Waals surface area contributed by atoms with Crippen LogP contribution in [0.5, 0.6) is 11.5 Å². The number of hydrogen-bond acceptors (Lipinski definition) is 3. The molecule has 6 nitrogen and oxygen atoms in total. The van der Waals surface area contributed by atoms with Crippen molar-refractivity contribution >= 4 is 28.3 Å². The maximum Gasteiger partial charge on any atom is 0.323 e. The quantitative estimate of drug-likeness (QED) is 0.402. The molecule has 0 unspecified atom stereocenters. The summed E-state index contributed by atoms with van der Waals surface area (Å²) in [4.78, 5) is 15.7. The molecule has 1 heterocycles. The Labute approximate surface area is 172 Å². The number of aromatic amines is 1. The van der Waals surface area contributed by atoms with E-state index in [9.17, 15) is 9.18 Å². The lowest BCUT2D eigenvalue weighted by Gasteiger charge is -2.11. The predicted molar refractivity (Wildman–Crippen MR) is 116 cm³/mol. The highest BCUT2D eigenvalue weighted by Crippen LogP contribution is 2.28. The molecule has 3 N–H and O–H groups in total. The SMILES string of the molecule is COc1cc(NC(=O)Nc2cccc(-c3cc4cc(F)ccc4[nH]3)c2)cc(OC)c1. The van der Waals surface area contributed by atoms with Crippen LogP contribution in [0.3, 0.4) is 0 Å². The van der Waals surface area contributed by atoms with Gasteiger partial charge in [0.05, 0.1) is 14.2 Å². The first kappa shape index (κ1) is 19.3. The maximum absolute atomic E-state index is 13.4. The second-order valence-electron chi connectivity index (χ2n) is 6.68. The first-order valence-electron chi connectivity index (χ1n) is 9.24. The zero-order chi connectivity index (χ0) is 21.1. The molecule has 0 aliphatic carbocycles. The molecule has 0 saturated carbocycles. The van der Waals surface area contributed by atoms with Gasteiger partial charge in [-0.15, -0.1) is 0 Å². The highest BCUT2D eigenvalue weighted by Gasteiger charge is 2.09. The first-order valence-corrected chi connectivity index (χ1v) is 9.24. The van der Waals surface area contributed by atoms with Gasteiger partial charge in [-0.3, -0.25) is 0 Å². The van der Waals surface area contributed by atoms with Crippen molar-refractivity contribution in [3.63, 3.8) is 0 Å². The number of carbonyl (C=O) groups is 1. The van der Waals surface area contributed by atoms with Crippen LogP contribution in [0.2, 0.25) is 0 Å². The highest BCUT2D eigenvalue weighted by molar-refractivity contribution is 6.00. The zero-order valence-corrected chi connectivity index (χ0v) is 16.5. The van der Waals surface area contributed by atoms with Crippen molar-refractivity contribution in [3.8, 4) is 22.8 Å². The van der Waals surface area contributed by atoms with Gasteiger partial charge in [0.1, 0.15) is 17.3 Å². The van der Waals surface area contributed by atoms with E-state index in [1.165, 1.54) is 12.1 Å². The molecule has 0 saturated heterocycles. The number of fused-ring (bicyclic) bond motifs is 1. The van der Waals surface area contributed by atoms with Crippen LogP contribution in [0.15, 0.2) is 66.7 Å². The summed E-state index contributed by atoms with van der Waals surface area (Å²) in [6.07, 6.45) is 0. The number of ether oxygens (including phenoxy) is 2. The average molecular weight is 405 g/mol. The molecule has 0 aliphatic heterocycles. The number of hydrogen-bond donors (Lipinski definition) is 3. The minimum atomic E-state index is -0.402. The van der Waals surface area contributed by atoms with Crippen LogP contribution in [-0.2, 0) is 0 Å². The number of halogens is 1. The first-order chi connectivity index (χ1) is 14.5. The standard InChI is InChI=1S/C23H20FN3O3/c1-29-19-11-18(12-20(13-19)30-2)26-23(28)25-17-5-3-4-14(9-17)22-10-15-8-16(24)6-7-21(15)27-22/h3-13,27H,1-2H3,(H2,25,26,28). The van der Waals surface area contributed by atoms with E-state index in [1.807, 2.05) is 24.3 Å². The van der Waals surface area contributed by atoms with E-state index in [1.54, 1.807) is 44.6 Å². The lowest BCUT2D eigenvalue weighted by Crippen LogP contribution is -2.19. The third-order valence-corrected chi connectivity index (χ3v) is 4.62. The molecule has 4 rings (SSSR count). The third-order valence-electron chi connectivity index (χ3n) is 4.62. The van der Waals surface area contributed by atoms with Gasteiger partial charge in [-0.2, -0.15) is 0 Å². The van der Waals surface area contributed by atoms with Gasteiger partial charge in [-0.1, -0.05) is 12.1 Å². The van der Waals surface area contributed by atoms with E-state index in [0.717, 1.165) is 22.2 Å². The Morgan fingerprint density at radius 1 is 0.867 bits per heavy atom. The van der Waals surface area contributed by atoms with Gasteiger partial charge >= 0.3 is 6.03 Å². The Balaban J connectivity index is 1.52. The largest absolute Gasteiger partial charge is 0.497 e. The van der Waals surface area contributed by atoms with E-state index < -0.39 is 6.03 Å². The zero-order valence-electron chi connectivity index (χ0n) is 16.5. The van der Waals surface area contributed by atoms with Crippen molar-refractivity contribution < 1.29 is 18.7 Å². The molecule has 30 heavy (non-hydrogen) atoms. The summed E-state index contributed by atoms with van der Waals surface area (Å²) in [6, 6.07) is 18.6. The fraction of sp³-hybridized carbons (Fsp3) is 0.0870. The van der Waals surface area contributed by atoms with Crippen molar-refractivity contribution in [2.24, 2.45) is 0 Å². The van der Waals surface area contributed by atoms with Crippen molar-refractivity contribution in [3.05, 3.63) is 72.5 Å². The summed E-state index contributed by atoms with van der Waals surface area (Å²) in [5.74, 6) is 0.859. The number of methoxy groups -OCH3 is 2. The fourth-order valence-corrected chi connectivity index (χ4v) is 3.20. The number of H-pyrrole nitrogens is 1. The Morgan fingerprint density at radius 2 is 1.60 bits per heavy atom. The minimum absolute atomic E-state index is 0.283. The van der Waals surface area contributed by atoms with Gasteiger partial charge in [-0.05, 0) is 36.4 Å². The van der Waals surface area contributed by atoms with E-state index in [4.69, 9.17) is 9.47 Å². The van der Waals surface area contributed by atoms with Crippen LogP contribution in [0.25, 0.3) is 22.2 Å². The molecule has 0 atom stereocenters. The molecular weight excluding hydrogens is 385 g/mol. The molecule has 0 aliphatic rings. The van der Waals surface area contributed by atoms with Crippen LogP contribution in [0, 0.1) is 5.82 Å². The highest BCUT2D eigenvalue weighted by atomic mass is 19.1. The van der Waals surface area contributed by atoms with Gasteiger partial charge in [0, 0.05) is 51.7 Å². The van der Waals surface area contributed by atoms with Crippen molar-refractivity contribution in [1.82, 2.24) is 4.98 Å². The number of nitrogens with one attached hydrogen (secondary N) is 3. The second kappa shape index (κ2) is 8.16. The molecule has 2 amide bonds. The summed E-state index contributed by atoms with van der Waals surface area (Å²) in [5, 5.41) is 6.37. The van der Waals surface area contributed by atoms with E-state index in [2.05, 4.69) is 15.6 Å². The monoisotopic (exact) mass is 405 g/mol. The summed E-state index contributed by atoms with van der Waals surface area (Å²) >= 11 is 0. The Hall–Kier alpha value is -4.00. The van der Waals surface area contributed by atoms with Gasteiger partial charge < -0.3 is 25.1 Å². The van der Waals surface area contributed by atoms with Crippen molar-refractivity contribution in [2.75, 3.05) is 24.9 Å². The Bertz CT molecular complexity index is 1200. The lowest BCUT2D eigenvalue weighted by molar-refractivity contribution is 0.262. The van der Waals surface area contributed by atoms with Crippen LogP contribution >= 0.6 is 0 Å². The predicted octanol–water partition coefficient (Wildman–Crippen LogP) is 5.64. The molecule has 1 aromatic heterocycles. The number of anilines is 2. The molecule has 0 spiro atoms. The topological polar surface area (TPSA) is 75.4 Å². The van der Waals surface area contributed by atoms with Crippen molar-refractivity contribution in [2.45, 2.75) is 0 Å². The number of benzene rings is 3. The van der Waals surface area contributed by atoms with Crippen LogP contribution < -0.4 is 20.1 Å². The van der Waals surface area contributed by atoms with Gasteiger partial charge in [0.2, 0.25) is 0 Å². The minimum Gasteiger partial charge on any atom is -0.497 e. The Morgan fingerprint density at radius 3 is 2.33 bits per heavy atom. The summed E-state index contributed by atoms with van der Waals surface area (Å²) in [6.45, 7) is 0. The Kier molecular flexibility index (Phi) is 5.26. The normalized spacial score (nSPS) is 10.6. The van der Waals surface area contributed by atoms with Crippen molar-refractivity contribution in [1.29, 1.82) is 0 Å². The second-order valence-corrected chi connectivity index (χ2v) is 6.68. The summed E-state index contributed by atoms with van der Waals surface area (Å²) < 4.78 is 23.9. The number of amides is 2.